The molecular formula is C28H54N8O. The molecule has 4 aliphatic heterocycles. The minimum atomic E-state index is 0.0688. The van der Waals surface area contributed by atoms with E-state index in [0.717, 1.165) is 58.2 Å². The lowest BCUT2D eigenvalue weighted by Crippen LogP contribution is -2.62. The highest BCUT2D eigenvalue weighted by molar-refractivity contribution is 5.79. The molecule has 9 nitrogen and oxygen atoms in total. The molecule has 0 aromatic heterocycles. The molecule has 0 spiro atoms. The van der Waals surface area contributed by atoms with Crippen LogP contribution in [0.4, 0.5) is 0 Å². The Hall–Kier alpha value is -0.810. The van der Waals surface area contributed by atoms with E-state index in [1.807, 2.05) is 0 Å². The van der Waals surface area contributed by atoms with E-state index in [1.54, 1.807) is 0 Å². The van der Waals surface area contributed by atoms with Crippen LogP contribution < -0.4 is 27.1 Å². The van der Waals surface area contributed by atoms with Crippen molar-refractivity contribution in [1.82, 2.24) is 36.2 Å². The Morgan fingerprint density at radius 1 is 1.14 bits per heavy atom. The fraction of sp³-hybridized carbons (Fsp3) is 0.964. The summed E-state index contributed by atoms with van der Waals surface area (Å²) in [7, 11) is 2.21. The highest BCUT2D eigenvalue weighted by atomic mass is 16.2. The summed E-state index contributed by atoms with van der Waals surface area (Å²) in [5, 5.41) is 13.6. The third-order valence-corrected chi connectivity index (χ3v) is 10.1. The second kappa shape index (κ2) is 12.6. The summed E-state index contributed by atoms with van der Waals surface area (Å²) >= 11 is 0. The van der Waals surface area contributed by atoms with Crippen molar-refractivity contribution in [2.24, 2.45) is 29.4 Å². The number of piperidine rings is 2. The van der Waals surface area contributed by atoms with Gasteiger partial charge in [0.1, 0.15) is 0 Å². The number of hydrazine groups is 1. The van der Waals surface area contributed by atoms with Crippen molar-refractivity contribution >= 4 is 5.91 Å². The predicted octanol–water partition coefficient (Wildman–Crippen LogP) is 0.732. The lowest BCUT2D eigenvalue weighted by molar-refractivity contribution is -0.129. The van der Waals surface area contributed by atoms with Gasteiger partial charge in [-0.3, -0.25) is 20.4 Å². The maximum Gasteiger partial charge on any atom is 0.223 e. The molecule has 9 heteroatoms. The first kappa shape index (κ1) is 27.7. The van der Waals surface area contributed by atoms with E-state index >= 15 is 0 Å². The van der Waals surface area contributed by atoms with Crippen LogP contribution in [0.3, 0.4) is 0 Å². The smallest absolute Gasteiger partial charge is 0.223 e. The number of fused-ring (bicyclic) bond motifs is 2. The van der Waals surface area contributed by atoms with Crippen LogP contribution in [0.15, 0.2) is 0 Å². The average molecular weight is 519 g/mol. The molecule has 212 valence electrons. The topological polar surface area (TPSA) is 101 Å². The van der Waals surface area contributed by atoms with Gasteiger partial charge in [0.25, 0.3) is 0 Å². The van der Waals surface area contributed by atoms with Gasteiger partial charge in [-0.2, -0.15) is 0 Å². The van der Waals surface area contributed by atoms with Crippen LogP contribution >= 0.6 is 0 Å². The third-order valence-electron chi connectivity index (χ3n) is 10.1. The Kier molecular flexibility index (Phi) is 9.43. The Bertz CT molecular complexity index is 752. The van der Waals surface area contributed by atoms with Gasteiger partial charge in [0.15, 0.2) is 0 Å². The molecule has 1 aliphatic carbocycles. The van der Waals surface area contributed by atoms with Gasteiger partial charge >= 0.3 is 0 Å². The summed E-state index contributed by atoms with van der Waals surface area (Å²) in [6, 6.07) is 1.23. The zero-order chi connectivity index (χ0) is 25.9. The van der Waals surface area contributed by atoms with Crippen LogP contribution in [0.25, 0.3) is 0 Å². The first-order chi connectivity index (χ1) is 17.9. The normalized spacial score (nSPS) is 39.2. The molecule has 4 heterocycles. The minimum absolute atomic E-state index is 0.0688. The van der Waals surface area contributed by atoms with Gasteiger partial charge in [-0.15, -0.1) is 0 Å². The SMILES string of the molecule is CC(C)N1NCC2C(C(=O)NCC3CNC4CCCCN34)CC(C3CCCC(CN(C)CCN)C3)NC21. The Morgan fingerprint density at radius 2 is 2.00 bits per heavy atom. The van der Waals surface area contributed by atoms with Crippen LogP contribution in [0.1, 0.15) is 65.2 Å². The molecule has 0 radical (unpaired) electrons. The van der Waals surface area contributed by atoms with E-state index in [-0.39, 0.29) is 18.0 Å². The number of carbonyl (C=O) groups excluding carboxylic acids is 1. The maximum absolute atomic E-state index is 13.8. The predicted molar refractivity (Wildman–Crippen MR) is 148 cm³/mol. The van der Waals surface area contributed by atoms with Crippen LogP contribution in [0.5, 0.6) is 0 Å². The molecule has 0 aromatic rings. The summed E-state index contributed by atoms with van der Waals surface area (Å²) in [5.74, 6) is 2.04. The van der Waals surface area contributed by atoms with Crippen molar-refractivity contribution in [3.05, 3.63) is 0 Å². The van der Waals surface area contributed by atoms with Gasteiger partial charge < -0.3 is 21.3 Å². The van der Waals surface area contributed by atoms with Crippen LogP contribution in [-0.2, 0) is 4.79 Å². The van der Waals surface area contributed by atoms with Gasteiger partial charge in [-0.1, -0.05) is 6.42 Å². The number of nitrogens with two attached hydrogens (primary N) is 1. The monoisotopic (exact) mass is 518 g/mol. The number of nitrogens with zero attached hydrogens (tertiary/aromatic N) is 3. The molecule has 8 unspecified atom stereocenters. The van der Waals surface area contributed by atoms with Gasteiger partial charge in [0.05, 0.1) is 12.3 Å². The molecule has 5 aliphatic rings. The first-order valence-corrected chi connectivity index (χ1v) is 15.4. The second-order valence-corrected chi connectivity index (χ2v) is 13.0. The Morgan fingerprint density at radius 3 is 2.81 bits per heavy atom. The summed E-state index contributed by atoms with van der Waals surface area (Å²) in [5.41, 5.74) is 9.44. The Balaban J connectivity index is 1.23. The van der Waals surface area contributed by atoms with E-state index in [0.29, 0.717) is 36.1 Å². The standard InChI is InChI=1S/C28H54N8O/c1-19(2)36-27-24(17-32-36)23(28(37)31-16-22-15-30-26-9-4-5-11-35(22)26)14-25(33-27)21-8-6-7-20(13-21)18-34(3)12-10-29/h19-27,30,32-33H,4-18,29H2,1-3H3,(H,31,37). The molecule has 0 bridgehead atoms. The van der Waals surface area contributed by atoms with Gasteiger partial charge in [-0.25, -0.2) is 5.01 Å². The molecule has 4 saturated heterocycles. The number of amides is 1. The maximum atomic E-state index is 13.8. The molecule has 0 aromatic carbocycles. The lowest BCUT2D eigenvalue weighted by atomic mass is 9.71. The van der Waals surface area contributed by atoms with Crippen molar-refractivity contribution in [3.63, 3.8) is 0 Å². The number of carbonyl (C=O) groups is 1. The van der Waals surface area contributed by atoms with E-state index in [2.05, 4.69) is 57.1 Å². The van der Waals surface area contributed by atoms with E-state index in [9.17, 15) is 4.79 Å². The second-order valence-electron chi connectivity index (χ2n) is 13.0. The van der Waals surface area contributed by atoms with Crippen molar-refractivity contribution in [2.45, 2.75) is 95.7 Å². The molecule has 1 saturated carbocycles. The molecule has 5 fully saturated rings. The summed E-state index contributed by atoms with van der Waals surface area (Å²) in [6.07, 6.45) is 10.7. The van der Waals surface area contributed by atoms with E-state index < -0.39 is 0 Å². The lowest BCUT2D eigenvalue weighted by Gasteiger charge is -2.46. The molecule has 5 rings (SSSR count). The number of hydrogen-bond acceptors (Lipinski definition) is 8. The van der Waals surface area contributed by atoms with E-state index in [4.69, 9.17) is 5.73 Å². The van der Waals surface area contributed by atoms with Gasteiger partial charge in [0.2, 0.25) is 5.91 Å². The number of rotatable bonds is 9. The van der Waals surface area contributed by atoms with Crippen LogP contribution in [-0.4, -0.2) is 104 Å². The quantitative estimate of drug-likeness (QED) is 0.305. The largest absolute Gasteiger partial charge is 0.354 e. The third kappa shape index (κ3) is 6.34. The highest BCUT2D eigenvalue weighted by Crippen LogP contribution is 2.39. The first-order valence-electron chi connectivity index (χ1n) is 15.4. The number of nitrogens with one attached hydrogen (secondary N) is 4. The van der Waals surface area contributed by atoms with Crippen molar-refractivity contribution < 1.29 is 4.79 Å². The molecular weight excluding hydrogens is 464 g/mol. The highest BCUT2D eigenvalue weighted by Gasteiger charge is 2.49. The summed E-state index contributed by atoms with van der Waals surface area (Å²) in [6.45, 7) is 11.2. The summed E-state index contributed by atoms with van der Waals surface area (Å²) < 4.78 is 0. The zero-order valence-electron chi connectivity index (χ0n) is 23.6. The molecule has 8 atom stereocenters. The Labute approximate surface area is 225 Å². The van der Waals surface area contributed by atoms with Crippen LogP contribution in [0, 0.1) is 23.7 Å². The zero-order valence-corrected chi connectivity index (χ0v) is 23.6. The fourth-order valence-corrected chi connectivity index (χ4v) is 8.22. The summed E-state index contributed by atoms with van der Waals surface area (Å²) in [4.78, 5) is 18.8. The van der Waals surface area contributed by atoms with Crippen molar-refractivity contribution in [3.8, 4) is 0 Å². The van der Waals surface area contributed by atoms with E-state index in [1.165, 1.54) is 44.9 Å². The van der Waals surface area contributed by atoms with Crippen molar-refractivity contribution in [2.75, 3.05) is 52.9 Å². The van der Waals surface area contributed by atoms with Gasteiger partial charge in [0, 0.05) is 75.8 Å². The van der Waals surface area contributed by atoms with Crippen molar-refractivity contribution in [1.29, 1.82) is 0 Å². The van der Waals surface area contributed by atoms with Crippen LogP contribution in [0.2, 0.25) is 0 Å². The average Bonchev–Trinajstić information content (AvgIpc) is 3.51. The number of hydrogen-bond donors (Lipinski definition) is 5. The van der Waals surface area contributed by atoms with Gasteiger partial charge in [-0.05, 0) is 77.7 Å². The fourth-order valence-electron chi connectivity index (χ4n) is 8.22. The molecule has 6 N–H and O–H groups in total. The molecule has 37 heavy (non-hydrogen) atoms. The minimum Gasteiger partial charge on any atom is -0.354 e. The number of likely N-dealkylation sites (N-methyl/N-ethyl adjacent to an activating group) is 1. The molecule has 1 amide bonds.